The molecule has 3 rings (SSSR count). The Labute approximate surface area is 146 Å². The van der Waals surface area contributed by atoms with E-state index in [1.165, 1.54) is 18.7 Å². The summed E-state index contributed by atoms with van der Waals surface area (Å²) in [5, 5.41) is 4.01. The summed E-state index contributed by atoms with van der Waals surface area (Å²) in [4.78, 5) is 8.16. The molecule has 0 saturated carbocycles. The lowest BCUT2D eigenvalue weighted by Crippen LogP contribution is -2.26. The number of aryl methyl sites for hydroxylation is 1. The summed E-state index contributed by atoms with van der Waals surface area (Å²) in [6, 6.07) is 7.27. The molecule has 0 saturated heterocycles. The minimum Gasteiger partial charge on any atom is -0.272 e. The molecule has 1 N–H and O–H groups in total. The minimum atomic E-state index is -3.61. The molecule has 0 aliphatic rings. The number of hydrogen-bond acceptors (Lipinski definition) is 5. The average Bonchev–Trinajstić information content (AvgIpc) is 3.12. The molecule has 1 atom stereocenters. The quantitative estimate of drug-likeness (QED) is 0.732. The first-order valence-corrected chi connectivity index (χ1v) is 9.38. The van der Waals surface area contributed by atoms with Crippen LogP contribution in [0.5, 0.6) is 0 Å². The monoisotopic (exact) mass is 357 g/mol. The van der Waals surface area contributed by atoms with Crippen molar-refractivity contribution in [3.8, 4) is 11.1 Å². The largest absolute Gasteiger partial charge is 0.272 e. The Morgan fingerprint density at radius 1 is 1.08 bits per heavy atom. The zero-order valence-corrected chi connectivity index (χ0v) is 14.8. The van der Waals surface area contributed by atoms with Crippen molar-refractivity contribution in [1.82, 2.24) is 24.5 Å². The van der Waals surface area contributed by atoms with Gasteiger partial charge in [0.2, 0.25) is 10.0 Å². The van der Waals surface area contributed by atoms with Gasteiger partial charge in [0.25, 0.3) is 0 Å². The topological polar surface area (TPSA) is 89.8 Å². The first-order valence-electron chi connectivity index (χ1n) is 7.89. The first-order chi connectivity index (χ1) is 12.0. The third-order valence-corrected chi connectivity index (χ3v) is 5.38. The van der Waals surface area contributed by atoms with E-state index < -0.39 is 10.0 Å². The molecule has 0 aliphatic heterocycles. The van der Waals surface area contributed by atoms with Crippen LogP contribution in [-0.4, -0.2) is 28.2 Å². The van der Waals surface area contributed by atoms with Gasteiger partial charge in [-0.15, -0.1) is 0 Å². The zero-order valence-electron chi connectivity index (χ0n) is 14.0. The van der Waals surface area contributed by atoms with Gasteiger partial charge in [-0.1, -0.05) is 24.3 Å². The van der Waals surface area contributed by atoms with Crippen LogP contribution in [0.4, 0.5) is 0 Å². The fourth-order valence-corrected chi connectivity index (χ4v) is 3.62. The van der Waals surface area contributed by atoms with Crippen molar-refractivity contribution in [2.75, 3.05) is 0 Å². The number of nitrogens with zero attached hydrogens (tertiary/aromatic N) is 4. The molecule has 0 radical (unpaired) electrons. The lowest BCUT2D eigenvalue weighted by atomic mass is 10.0. The molecule has 7 nitrogen and oxygen atoms in total. The second kappa shape index (κ2) is 7.12. The zero-order chi connectivity index (χ0) is 17.9. The molecule has 130 valence electrons. The van der Waals surface area contributed by atoms with Gasteiger partial charge in [-0.05, 0) is 25.0 Å². The third kappa shape index (κ3) is 3.92. The Bertz CT molecular complexity index is 937. The third-order valence-electron chi connectivity index (χ3n) is 3.88. The van der Waals surface area contributed by atoms with Crippen molar-refractivity contribution >= 4 is 10.0 Å². The average molecular weight is 357 g/mol. The molecule has 1 unspecified atom stereocenters. The van der Waals surface area contributed by atoms with Crippen molar-refractivity contribution in [3.05, 3.63) is 60.9 Å². The maximum atomic E-state index is 12.5. The summed E-state index contributed by atoms with van der Waals surface area (Å²) >= 11 is 0. The van der Waals surface area contributed by atoms with Crippen LogP contribution < -0.4 is 4.72 Å². The van der Waals surface area contributed by atoms with E-state index in [4.69, 9.17) is 0 Å². The second-order valence-corrected chi connectivity index (χ2v) is 7.34. The molecule has 3 aromatic rings. The summed E-state index contributed by atoms with van der Waals surface area (Å²) < 4.78 is 29.2. The highest BCUT2D eigenvalue weighted by Crippen LogP contribution is 2.22. The minimum absolute atomic E-state index is 0.166. The van der Waals surface area contributed by atoms with Crippen molar-refractivity contribution < 1.29 is 8.42 Å². The number of aromatic nitrogens is 4. The molecule has 1 aromatic carbocycles. The highest BCUT2D eigenvalue weighted by Gasteiger charge is 2.20. The van der Waals surface area contributed by atoms with Gasteiger partial charge in [0.05, 0.1) is 6.20 Å². The molecule has 0 spiro atoms. The number of rotatable bonds is 6. The van der Waals surface area contributed by atoms with E-state index >= 15 is 0 Å². The van der Waals surface area contributed by atoms with Crippen LogP contribution in [0, 0.1) is 0 Å². The molecule has 2 heterocycles. The van der Waals surface area contributed by atoms with Gasteiger partial charge >= 0.3 is 0 Å². The number of nitrogens with one attached hydrogen (secondary N) is 1. The number of sulfonamides is 1. The Balaban J connectivity index is 1.75. The van der Waals surface area contributed by atoms with Gasteiger partial charge in [-0.2, -0.15) is 5.10 Å². The SMILES string of the molecule is CCn1cc(S(=O)(=O)NC(C)c2ccc(-c3cncnc3)cc2)cn1. The van der Waals surface area contributed by atoms with Gasteiger partial charge in [0.15, 0.2) is 0 Å². The van der Waals surface area contributed by atoms with Crippen molar-refractivity contribution in [3.63, 3.8) is 0 Å². The maximum Gasteiger partial charge on any atom is 0.244 e. The molecular formula is C17H19N5O2S. The molecular weight excluding hydrogens is 338 g/mol. The molecule has 0 fully saturated rings. The van der Waals surface area contributed by atoms with Gasteiger partial charge in [0, 0.05) is 36.7 Å². The van der Waals surface area contributed by atoms with E-state index in [1.807, 2.05) is 38.1 Å². The summed E-state index contributed by atoms with van der Waals surface area (Å²) in [7, 11) is -3.61. The maximum absolute atomic E-state index is 12.5. The first kappa shape index (κ1) is 17.2. The Morgan fingerprint density at radius 3 is 2.36 bits per heavy atom. The van der Waals surface area contributed by atoms with E-state index in [0.29, 0.717) is 6.54 Å². The van der Waals surface area contributed by atoms with Crippen LogP contribution in [-0.2, 0) is 16.6 Å². The smallest absolute Gasteiger partial charge is 0.244 e. The van der Waals surface area contributed by atoms with Crippen molar-refractivity contribution in [1.29, 1.82) is 0 Å². The molecule has 0 bridgehead atoms. The Hall–Kier alpha value is -2.58. The van der Waals surface area contributed by atoms with Crippen LogP contribution >= 0.6 is 0 Å². The van der Waals surface area contributed by atoms with E-state index in [0.717, 1.165) is 16.7 Å². The summed E-state index contributed by atoms with van der Waals surface area (Å²) in [5.74, 6) is 0. The van der Waals surface area contributed by atoms with Gasteiger partial charge in [0.1, 0.15) is 11.2 Å². The van der Waals surface area contributed by atoms with Crippen LogP contribution in [0.2, 0.25) is 0 Å². The van der Waals surface area contributed by atoms with Crippen LogP contribution in [0.1, 0.15) is 25.5 Å². The number of hydrogen-bond donors (Lipinski definition) is 1. The van der Waals surface area contributed by atoms with Crippen LogP contribution in [0.25, 0.3) is 11.1 Å². The second-order valence-electron chi connectivity index (χ2n) is 5.62. The highest BCUT2D eigenvalue weighted by molar-refractivity contribution is 7.89. The predicted molar refractivity (Wildman–Crippen MR) is 94.1 cm³/mol. The molecule has 25 heavy (non-hydrogen) atoms. The van der Waals surface area contributed by atoms with Gasteiger partial charge in [-0.25, -0.2) is 23.1 Å². The van der Waals surface area contributed by atoms with Crippen molar-refractivity contribution in [2.45, 2.75) is 31.3 Å². The standard InChI is InChI=1S/C17H19N5O2S/c1-3-22-11-17(10-20-22)25(23,24)21-13(2)14-4-6-15(7-5-14)16-8-18-12-19-9-16/h4-13,21H,3H2,1-2H3. The summed E-state index contributed by atoms with van der Waals surface area (Å²) in [6.07, 6.45) is 7.83. The van der Waals surface area contributed by atoms with E-state index in [2.05, 4.69) is 19.8 Å². The summed E-state index contributed by atoms with van der Waals surface area (Å²) in [6.45, 7) is 4.33. The van der Waals surface area contributed by atoms with Crippen molar-refractivity contribution in [2.24, 2.45) is 0 Å². The molecule has 0 amide bonds. The van der Waals surface area contributed by atoms with Crippen LogP contribution in [0.3, 0.4) is 0 Å². The predicted octanol–water partition coefficient (Wildman–Crippen LogP) is 2.40. The lowest BCUT2D eigenvalue weighted by Gasteiger charge is -2.14. The lowest BCUT2D eigenvalue weighted by molar-refractivity contribution is 0.566. The molecule has 2 aromatic heterocycles. The van der Waals surface area contributed by atoms with E-state index in [9.17, 15) is 8.42 Å². The Kier molecular flexibility index (Phi) is 4.91. The van der Waals surface area contributed by atoms with E-state index in [1.54, 1.807) is 17.1 Å². The molecule has 8 heteroatoms. The van der Waals surface area contributed by atoms with Gasteiger partial charge < -0.3 is 0 Å². The Morgan fingerprint density at radius 2 is 1.76 bits per heavy atom. The number of benzene rings is 1. The van der Waals surface area contributed by atoms with Crippen LogP contribution in [0.15, 0.2) is 60.3 Å². The normalized spacial score (nSPS) is 12.9. The summed E-state index contributed by atoms with van der Waals surface area (Å²) in [5.41, 5.74) is 2.75. The fraction of sp³-hybridized carbons (Fsp3) is 0.235. The fourth-order valence-electron chi connectivity index (χ4n) is 2.44. The molecule has 0 aliphatic carbocycles. The van der Waals surface area contributed by atoms with E-state index in [-0.39, 0.29) is 10.9 Å². The highest BCUT2D eigenvalue weighted by atomic mass is 32.2. The van der Waals surface area contributed by atoms with Gasteiger partial charge in [-0.3, -0.25) is 4.68 Å².